The summed E-state index contributed by atoms with van der Waals surface area (Å²) in [4.78, 5) is 56.0. The SMILES string of the molecule is CCOC(=O)COc1ccc(Cl)cc1C1c2sc(=O)[nH]c2SC2C(=O)N(c3ccc(OC)cc3)C(=O)C21. The minimum Gasteiger partial charge on any atom is -0.497 e. The van der Waals surface area contributed by atoms with E-state index < -0.39 is 29.0 Å². The van der Waals surface area contributed by atoms with Crippen molar-refractivity contribution in [3.8, 4) is 11.5 Å². The first-order valence-corrected chi connectivity index (χ1v) is 13.4. The number of hydrogen-bond donors (Lipinski definition) is 1. The molecule has 1 saturated heterocycles. The lowest BCUT2D eigenvalue weighted by Gasteiger charge is -2.31. The second kappa shape index (κ2) is 10.2. The van der Waals surface area contributed by atoms with Crippen LogP contribution in [0.25, 0.3) is 0 Å². The number of nitrogens with one attached hydrogen (secondary N) is 1. The van der Waals surface area contributed by atoms with Crippen molar-refractivity contribution in [3.05, 3.63) is 67.6 Å². The van der Waals surface area contributed by atoms with Crippen LogP contribution in [0.3, 0.4) is 0 Å². The van der Waals surface area contributed by atoms with Crippen LogP contribution in [-0.2, 0) is 19.1 Å². The van der Waals surface area contributed by atoms with E-state index >= 15 is 0 Å². The first-order chi connectivity index (χ1) is 17.8. The standard InChI is InChI=1S/C25H21ClN2O7S2/c1-3-34-17(29)11-35-16-9-4-12(26)10-15(16)18-19-21(36-22-20(18)37-25(32)27-22)24(31)28(23(19)30)13-5-7-14(33-2)8-6-13/h4-10,18-19,21H,3,11H2,1-2H3,(H,27,32). The molecule has 3 atom stereocenters. The Morgan fingerprint density at radius 3 is 2.57 bits per heavy atom. The number of imide groups is 1. The van der Waals surface area contributed by atoms with Crippen molar-refractivity contribution in [2.45, 2.75) is 23.1 Å². The van der Waals surface area contributed by atoms with Gasteiger partial charge >= 0.3 is 10.8 Å². The van der Waals surface area contributed by atoms with Gasteiger partial charge in [0.1, 0.15) is 16.7 Å². The molecule has 1 aromatic heterocycles. The number of carbonyl (C=O) groups excluding carboxylic acids is 3. The smallest absolute Gasteiger partial charge is 0.344 e. The molecule has 2 amide bonds. The number of thioether (sulfide) groups is 1. The summed E-state index contributed by atoms with van der Waals surface area (Å²) in [5.41, 5.74) is 0.924. The van der Waals surface area contributed by atoms with Gasteiger partial charge in [0.25, 0.3) is 0 Å². The molecule has 2 aliphatic heterocycles. The second-order valence-corrected chi connectivity index (χ2v) is 10.8. The minimum absolute atomic E-state index is 0.206. The predicted octanol–water partition coefficient (Wildman–Crippen LogP) is 3.84. The normalized spacial score (nSPS) is 20.4. The van der Waals surface area contributed by atoms with Crippen molar-refractivity contribution in [1.82, 2.24) is 4.98 Å². The average molecular weight is 561 g/mol. The van der Waals surface area contributed by atoms with Crippen molar-refractivity contribution in [2.24, 2.45) is 5.92 Å². The first kappa shape index (κ1) is 25.4. The van der Waals surface area contributed by atoms with Gasteiger partial charge in [-0.15, -0.1) is 0 Å². The molecule has 12 heteroatoms. The Labute approximate surface area is 224 Å². The number of fused-ring (bicyclic) bond motifs is 2. The summed E-state index contributed by atoms with van der Waals surface area (Å²) in [7, 11) is 1.53. The van der Waals surface area contributed by atoms with Gasteiger partial charge in [-0.25, -0.2) is 9.69 Å². The van der Waals surface area contributed by atoms with E-state index in [-0.39, 0.29) is 24.0 Å². The number of H-pyrrole nitrogens is 1. The molecule has 1 fully saturated rings. The average Bonchev–Trinajstić information content (AvgIpc) is 3.37. The topological polar surface area (TPSA) is 115 Å². The first-order valence-electron chi connectivity index (χ1n) is 11.3. The largest absolute Gasteiger partial charge is 0.497 e. The minimum atomic E-state index is -0.832. The van der Waals surface area contributed by atoms with E-state index in [0.717, 1.165) is 11.3 Å². The Morgan fingerprint density at radius 2 is 1.86 bits per heavy atom. The molecular weight excluding hydrogens is 540 g/mol. The van der Waals surface area contributed by atoms with Gasteiger partial charge in [0, 0.05) is 21.4 Å². The number of aromatic amines is 1. The molecular formula is C25H21ClN2O7S2. The molecule has 2 aromatic carbocycles. The van der Waals surface area contributed by atoms with Gasteiger partial charge in [-0.3, -0.25) is 14.4 Å². The molecule has 0 aliphatic carbocycles. The fourth-order valence-electron chi connectivity index (χ4n) is 4.57. The summed E-state index contributed by atoms with van der Waals surface area (Å²) < 4.78 is 15.9. The van der Waals surface area contributed by atoms with E-state index in [0.29, 0.717) is 37.7 Å². The number of anilines is 1. The van der Waals surface area contributed by atoms with Gasteiger partial charge in [0.15, 0.2) is 6.61 Å². The molecule has 2 aliphatic rings. The number of nitrogens with zero attached hydrogens (tertiary/aromatic N) is 1. The van der Waals surface area contributed by atoms with Gasteiger partial charge in [0.2, 0.25) is 11.8 Å². The van der Waals surface area contributed by atoms with Crippen LogP contribution in [0.4, 0.5) is 5.69 Å². The summed E-state index contributed by atoms with van der Waals surface area (Å²) in [6.45, 7) is 1.55. The Balaban J connectivity index is 1.59. The number of benzene rings is 2. The summed E-state index contributed by atoms with van der Waals surface area (Å²) in [5, 5.41) is 0.117. The monoisotopic (exact) mass is 560 g/mol. The maximum atomic E-state index is 13.9. The van der Waals surface area contributed by atoms with Crippen molar-refractivity contribution in [2.75, 3.05) is 25.2 Å². The zero-order chi connectivity index (χ0) is 26.3. The Bertz CT molecular complexity index is 1440. The predicted molar refractivity (Wildman–Crippen MR) is 139 cm³/mol. The van der Waals surface area contributed by atoms with Crippen LogP contribution in [0.2, 0.25) is 5.02 Å². The molecule has 0 bridgehead atoms. The van der Waals surface area contributed by atoms with Crippen molar-refractivity contribution >= 4 is 58.2 Å². The van der Waals surface area contributed by atoms with Crippen molar-refractivity contribution in [1.29, 1.82) is 0 Å². The highest BCUT2D eigenvalue weighted by molar-refractivity contribution is 8.00. The maximum absolute atomic E-state index is 13.9. The van der Waals surface area contributed by atoms with Gasteiger partial charge < -0.3 is 19.2 Å². The van der Waals surface area contributed by atoms with Gasteiger partial charge in [0.05, 0.1) is 30.3 Å². The third-order valence-electron chi connectivity index (χ3n) is 6.11. The number of hydrogen-bond acceptors (Lipinski definition) is 9. The van der Waals surface area contributed by atoms with Crippen LogP contribution in [0.15, 0.2) is 52.3 Å². The summed E-state index contributed by atoms with van der Waals surface area (Å²) in [6, 6.07) is 11.5. The lowest BCUT2D eigenvalue weighted by molar-refractivity contribution is -0.145. The molecule has 37 heavy (non-hydrogen) atoms. The van der Waals surface area contributed by atoms with E-state index in [1.807, 2.05) is 0 Å². The number of methoxy groups -OCH3 is 1. The zero-order valence-electron chi connectivity index (χ0n) is 19.7. The van der Waals surface area contributed by atoms with Gasteiger partial charge in [-0.05, 0) is 49.4 Å². The van der Waals surface area contributed by atoms with E-state index in [4.69, 9.17) is 25.8 Å². The van der Waals surface area contributed by atoms with E-state index in [9.17, 15) is 19.2 Å². The zero-order valence-corrected chi connectivity index (χ0v) is 22.1. The van der Waals surface area contributed by atoms with Crippen LogP contribution in [0, 0.1) is 5.92 Å². The fraction of sp³-hybridized carbons (Fsp3) is 0.280. The van der Waals surface area contributed by atoms with E-state index in [1.54, 1.807) is 49.4 Å². The van der Waals surface area contributed by atoms with Gasteiger partial charge in [-0.2, -0.15) is 0 Å². The van der Waals surface area contributed by atoms with E-state index in [2.05, 4.69) is 4.98 Å². The maximum Gasteiger partial charge on any atom is 0.344 e. The molecule has 192 valence electrons. The highest BCUT2D eigenvalue weighted by Crippen LogP contribution is 2.54. The molecule has 3 heterocycles. The fourth-order valence-corrected chi connectivity index (χ4v) is 7.26. The molecule has 0 saturated carbocycles. The summed E-state index contributed by atoms with van der Waals surface area (Å²) >= 11 is 8.49. The number of halogens is 1. The van der Waals surface area contributed by atoms with Crippen LogP contribution >= 0.6 is 34.7 Å². The third-order valence-corrected chi connectivity index (χ3v) is 8.75. The van der Waals surface area contributed by atoms with Crippen LogP contribution in [0.1, 0.15) is 23.3 Å². The summed E-state index contributed by atoms with van der Waals surface area (Å²) in [5.74, 6) is -1.98. The second-order valence-electron chi connectivity index (χ2n) is 8.24. The quantitative estimate of drug-likeness (QED) is 0.342. The van der Waals surface area contributed by atoms with Crippen molar-refractivity contribution < 1.29 is 28.6 Å². The highest BCUT2D eigenvalue weighted by Gasteiger charge is 2.56. The number of ether oxygens (including phenoxy) is 3. The Morgan fingerprint density at radius 1 is 1.11 bits per heavy atom. The molecule has 3 aromatic rings. The van der Waals surface area contributed by atoms with Crippen LogP contribution in [0.5, 0.6) is 11.5 Å². The Kier molecular flexibility index (Phi) is 7.02. The molecule has 0 radical (unpaired) electrons. The number of esters is 1. The Hall–Kier alpha value is -3.28. The number of thiazole rings is 1. The molecule has 5 rings (SSSR count). The summed E-state index contributed by atoms with van der Waals surface area (Å²) in [6.07, 6.45) is 0. The van der Waals surface area contributed by atoms with E-state index in [1.165, 1.54) is 23.8 Å². The van der Waals surface area contributed by atoms with Crippen LogP contribution < -0.4 is 19.2 Å². The number of aromatic nitrogens is 1. The molecule has 3 unspecified atom stereocenters. The number of carbonyl (C=O) groups is 3. The molecule has 0 spiro atoms. The lowest BCUT2D eigenvalue weighted by Crippen LogP contribution is -2.32. The number of rotatable bonds is 7. The highest BCUT2D eigenvalue weighted by atomic mass is 35.5. The lowest BCUT2D eigenvalue weighted by atomic mass is 9.82. The number of amides is 2. The van der Waals surface area contributed by atoms with Gasteiger partial charge in [-0.1, -0.05) is 34.7 Å². The van der Waals surface area contributed by atoms with Crippen molar-refractivity contribution in [3.63, 3.8) is 0 Å². The molecule has 9 nitrogen and oxygen atoms in total. The van der Waals surface area contributed by atoms with Crippen LogP contribution in [-0.4, -0.2) is 48.3 Å². The third kappa shape index (κ3) is 4.62. The molecule has 1 N–H and O–H groups in total.